The van der Waals surface area contributed by atoms with Crippen molar-refractivity contribution in [1.82, 2.24) is 10.6 Å². The van der Waals surface area contributed by atoms with Crippen molar-refractivity contribution in [1.29, 1.82) is 0 Å². The number of nitrogens with two attached hydrogens (primary N) is 2. The Bertz CT molecular complexity index is 661. The van der Waals surface area contributed by atoms with E-state index in [0.717, 1.165) is 0 Å². The van der Waals surface area contributed by atoms with E-state index in [1.54, 1.807) is 12.1 Å². The maximum atomic E-state index is 12.4. The Labute approximate surface area is 149 Å². The molecule has 0 aromatic heterocycles. The van der Waals surface area contributed by atoms with E-state index in [0.29, 0.717) is 5.56 Å². The van der Waals surface area contributed by atoms with Gasteiger partial charge in [-0.2, -0.15) is 0 Å². The van der Waals surface area contributed by atoms with Crippen LogP contribution in [0.4, 0.5) is 0 Å². The molecule has 1 aromatic carbocycles. The van der Waals surface area contributed by atoms with Crippen LogP contribution < -0.4 is 22.1 Å². The summed E-state index contributed by atoms with van der Waals surface area (Å²) in [4.78, 5) is 46.7. The van der Waals surface area contributed by atoms with E-state index in [4.69, 9.17) is 11.5 Å². The van der Waals surface area contributed by atoms with Gasteiger partial charge in [0.1, 0.15) is 24.4 Å². The summed E-state index contributed by atoms with van der Waals surface area (Å²) in [5.41, 5.74) is 11.0. The van der Waals surface area contributed by atoms with Crippen molar-refractivity contribution in [3.05, 3.63) is 29.8 Å². The van der Waals surface area contributed by atoms with Gasteiger partial charge < -0.3 is 31.9 Å². The number of phenolic OH excluding ortho intramolecular Hbond substituents is 1. The van der Waals surface area contributed by atoms with E-state index in [-0.39, 0.29) is 18.8 Å². The average molecular weight is 366 g/mol. The van der Waals surface area contributed by atoms with Crippen LogP contribution in [0, 0.1) is 0 Å². The molecule has 26 heavy (non-hydrogen) atoms. The summed E-state index contributed by atoms with van der Waals surface area (Å²) in [5, 5.41) is 14.0. The maximum absolute atomic E-state index is 12.4. The highest BCUT2D eigenvalue weighted by molar-refractivity contribution is 5.94. The number of amides is 4. The van der Waals surface area contributed by atoms with Gasteiger partial charge in [-0.1, -0.05) is 12.1 Å². The second kappa shape index (κ2) is 9.99. The smallest absolute Gasteiger partial charge is 0.246 e. The molecule has 10 heteroatoms. The molecular weight excluding hydrogens is 344 g/mol. The average Bonchev–Trinajstić information content (AvgIpc) is 2.55. The summed E-state index contributed by atoms with van der Waals surface area (Å²) in [5.74, 6) is -2.96. The van der Waals surface area contributed by atoms with E-state index in [9.17, 15) is 24.3 Å². The van der Waals surface area contributed by atoms with Crippen LogP contribution in [0.2, 0.25) is 0 Å². The summed E-state index contributed by atoms with van der Waals surface area (Å²) in [6, 6.07) is 3.64. The number of hydrogen-bond acceptors (Lipinski definition) is 6. The maximum Gasteiger partial charge on any atom is 0.246 e. The lowest BCUT2D eigenvalue weighted by Gasteiger charge is -2.21. The third-order valence-corrected chi connectivity index (χ3v) is 3.37. The van der Waals surface area contributed by atoms with Crippen molar-refractivity contribution in [2.24, 2.45) is 11.5 Å². The molecule has 0 saturated heterocycles. The van der Waals surface area contributed by atoms with Crippen LogP contribution >= 0.6 is 0 Å². The normalized spacial score (nSPS) is 12.7. The Kier molecular flexibility index (Phi) is 8.03. The van der Waals surface area contributed by atoms with Gasteiger partial charge in [-0.05, 0) is 17.7 Å². The Morgan fingerprint density at radius 2 is 1.69 bits per heavy atom. The summed E-state index contributed by atoms with van der Waals surface area (Å²) >= 11 is 0. The van der Waals surface area contributed by atoms with Gasteiger partial charge in [-0.3, -0.25) is 19.2 Å². The molecule has 0 spiro atoms. The number of benzene rings is 1. The second-order valence-electron chi connectivity index (χ2n) is 5.56. The van der Waals surface area contributed by atoms with E-state index in [2.05, 4.69) is 15.4 Å². The Hall–Kier alpha value is -3.14. The molecule has 1 rings (SSSR count). The molecule has 0 aliphatic rings. The monoisotopic (exact) mass is 366 g/mol. The van der Waals surface area contributed by atoms with Crippen LogP contribution in [-0.4, -0.2) is 54.5 Å². The third kappa shape index (κ3) is 7.18. The van der Waals surface area contributed by atoms with Crippen molar-refractivity contribution in [3.63, 3.8) is 0 Å². The fourth-order valence-electron chi connectivity index (χ4n) is 2.14. The molecular formula is C16H22N4O6. The molecule has 142 valence electrons. The molecule has 10 nitrogen and oxygen atoms in total. The number of methoxy groups -OCH3 is 1. The molecule has 2 atom stereocenters. The first-order valence-electron chi connectivity index (χ1n) is 7.67. The van der Waals surface area contributed by atoms with E-state index < -0.39 is 42.1 Å². The molecule has 0 heterocycles. The third-order valence-electron chi connectivity index (χ3n) is 3.37. The zero-order chi connectivity index (χ0) is 19.7. The number of hydrogen-bond donors (Lipinski definition) is 5. The molecule has 0 unspecified atom stereocenters. The summed E-state index contributed by atoms with van der Waals surface area (Å²) in [7, 11) is 1.30. The molecule has 0 bridgehead atoms. The van der Waals surface area contributed by atoms with Gasteiger partial charge in [-0.15, -0.1) is 0 Å². The van der Waals surface area contributed by atoms with Crippen molar-refractivity contribution < 1.29 is 29.0 Å². The van der Waals surface area contributed by atoms with Gasteiger partial charge >= 0.3 is 0 Å². The first kappa shape index (κ1) is 20.9. The minimum absolute atomic E-state index is 0.0517. The first-order valence-corrected chi connectivity index (χ1v) is 7.67. The highest BCUT2D eigenvalue weighted by atomic mass is 16.5. The number of aromatic hydroxyl groups is 1. The quantitative estimate of drug-likeness (QED) is 0.317. The largest absolute Gasteiger partial charge is 0.508 e. The molecule has 1 aromatic rings. The lowest BCUT2D eigenvalue weighted by Crippen LogP contribution is -2.55. The number of carbonyl (C=O) groups excluding carboxylic acids is 4. The summed E-state index contributed by atoms with van der Waals surface area (Å²) < 4.78 is 4.64. The van der Waals surface area contributed by atoms with Crippen molar-refractivity contribution in [3.8, 4) is 5.75 Å². The molecule has 0 aliphatic carbocycles. The summed E-state index contributed by atoms with van der Waals surface area (Å²) in [6.45, 7) is -0.310. The molecule has 0 aliphatic heterocycles. The number of carbonyl (C=O) groups is 4. The van der Waals surface area contributed by atoms with Crippen LogP contribution in [0.3, 0.4) is 0 Å². The van der Waals surface area contributed by atoms with Crippen molar-refractivity contribution >= 4 is 23.6 Å². The molecule has 7 N–H and O–H groups in total. The SMILES string of the molecule is COCC(=O)N[C@@H](CC(N)=O)C(=O)N[C@@H](Cc1ccc(O)cc1)C(N)=O. The van der Waals surface area contributed by atoms with E-state index >= 15 is 0 Å². The van der Waals surface area contributed by atoms with E-state index in [1.807, 2.05) is 0 Å². The van der Waals surface area contributed by atoms with Crippen LogP contribution in [0.15, 0.2) is 24.3 Å². The Morgan fingerprint density at radius 3 is 2.19 bits per heavy atom. The number of rotatable bonds is 10. The highest BCUT2D eigenvalue weighted by Gasteiger charge is 2.27. The first-order chi connectivity index (χ1) is 12.2. The predicted molar refractivity (Wildman–Crippen MR) is 90.6 cm³/mol. The van der Waals surface area contributed by atoms with Crippen molar-refractivity contribution in [2.75, 3.05) is 13.7 Å². The lowest BCUT2D eigenvalue weighted by molar-refractivity contribution is -0.134. The molecule has 0 saturated carbocycles. The number of primary amides is 2. The van der Waals surface area contributed by atoms with Gasteiger partial charge in [0.2, 0.25) is 23.6 Å². The van der Waals surface area contributed by atoms with Crippen LogP contribution in [0.5, 0.6) is 5.75 Å². The molecule has 0 radical (unpaired) electrons. The number of ether oxygens (including phenoxy) is 1. The second-order valence-corrected chi connectivity index (χ2v) is 5.56. The van der Waals surface area contributed by atoms with Gasteiger partial charge in [0, 0.05) is 13.5 Å². The number of nitrogens with one attached hydrogen (secondary N) is 2. The topological polar surface area (TPSA) is 174 Å². The van der Waals surface area contributed by atoms with Crippen LogP contribution in [-0.2, 0) is 30.3 Å². The van der Waals surface area contributed by atoms with Gasteiger partial charge in [-0.25, -0.2) is 0 Å². The lowest BCUT2D eigenvalue weighted by atomic mass is 10.0. The fraction of sp³-hybridized carbons (Fsp3) is 0.375. The molecule has 0 fully saturated rings. The van der Waals surface area contributed by atoms with Crippen molar-refractivity contribution in [2.45, 2.75) is 24.9 Å². The van der Waals surface area contributed by atoms with Gasteiger partial charge in [0.05, 0.1) is 6.42 Å². The van der Waals surface area contributed by atoms with Crippen LogP contribution in [0.25, 0.3) is 0 Å². The van der Waals surface area contributed by atoms with Crippen LogP contribution in [0.1, 0.15) is 12.0 Å². The highest BCUT2D eigenvalue weighted by Crippen LogP contribution is 2.11. The zero-order valence-electron chi connectivity index (χ0n) is 14.2. The minimum Gasteiger partial charge on any atom is -0.508 e. The van der Waals surface area contributed by atoms with Gasteiger partial charge in [0.15, 0.2) is 0 Å². The van der Waals surface area contributed by atoms with Gasteiger partial charge in [0.25, 0.3) is 0 Å². The minimum atomic E-state index is -1.27. The predicted octanol–water partition coefficient (Wildman–Crippen LogP) is -2.09. The standard InChI is InChI=1S/C16H22N4O6/c1-26-8-14(23)19-12(7-13(17)22)16(25)20-11(15(18)24)6-9-2-4-10(21)5-3-9/h2-5,11-12,21H,6-8H2,1H3,(H2,17,22)(H2,18,24)(H,19,23)(H,20,25)/t11-,12-/m0/s1. The Morgan fingerprint density at radius 1 is 1.08 bits per heavy atom. The zero-order valence-corrected chi connectivity index (χ0v) is 14.2. The summed E-state index contributed by atoms with van der Waals surface area (Å²) in [6.07, 6.45) is -0.386. The molecule has 4 amide bonds. The van der Waals surface area contributed by atoms with E-state index in [1.165, 1.54) is 19.2 Å². The Balaban J connectivity index is 2.83. The fourth-order valence-corrected chi connectivity index (χ4v) is 2.14. The number of phenols is 1.